The van der Waals surface area contributed by atoms with E-state index in [9.17, 15) is 53.3 Å². The molecule has 0 saturated heterocycles. The quantitative estimate of drug-likeness (QED) is 0.0935. The molecule has 0 saturated carbocycles. The lowest BCUT2D eigenvalue weighted by molar-refractivity contribution is -0.355. The summed E-state index contributed by atoms with van der Waals surface area (Å²) in [5.41, 5.74) is -0.615. The highest BCUT2D eigenvalue weighted by atomic mass is 32.2. The summed E-state index contributed by atoms with van der Waals surface area (Å²) in [6, 6.07) is 0. The number of unbranched alkanes of at least 4 members (excludes halogenated alkanes) is 1. The molecule has 0 bridgehead atoms. The van der Waals surface area contributed by atoms with E-state index in [1.165, 1.54) is 0 Å². The average Bonchev–Trinajstić information content (AvgIpc) is 2.61. The molecule has 1 unspecified atom stereocenters. The van der Waals surface area contributed by atoms with Crippen LogP contribution in [0.4, 0.5) is 30.7 Å². The number of rotatable bonds is 13. The van der Waals surface area contributed by atoms with E-state index in [1.54, 1.807) is 6.92 Å². The van der Waals surface area contributed by atoms with Crippen molar-refractivity contribution < 1.29 is 67.5 Å². The van der Waals surface area contributed by atoms with Crippen LogP contribution in [0.25, 0.3) is 0 Å². The standard InChI is InChI=1S/C16H21F7O8S/c1-4-5-8-29-12(25)14(15(19,20)21,31-11(24)10(2)3)30-9-6-7-13(17,18)16(22,23)32(26,27)28/h2,4-9H2,1,3H3,(H,26,27,28)/p-1. The molecule has 0 fully saturated rings. The van der Waals surface area contributed by atoms with Crippen molar-refractivity contribution in [3.05, 3.63) is 12.2 Å². The summed E-state index contributed by atoms with van der Waals surface area (Å²) < 4.78 is 138. The van der Waals surface area contributed by atoms with Crippen molar-refractivity contribution >= 4 is 22.1 Å². The highest BCUT2D eigenvalue weighted by Crippen LogP contribution is 2.42. The summed E-state index contributed by atoms with van der Waals surface area (Å²) in [5.74, 6) is -14.0. The highest BCUT2D eigenvalue weighted by molar-refractivity contribution is 7.86. The van der Waals surface area contributed by atoms with Crippen molar-refractivity contribution in [3.63, 3.8) is 0 Å². The molecule has 16 heteroatoms. The number of carbonyl (C=O) groups excluding carboxylic acids is 2. The van der Waals surface area contributed by atoms with Gasteiger partial charge in [-0.2, -0.15) is 30.7 Å². The Kier molecular flexibility index (Phi) is 10.1. The molecule has 0 aromatic heterocycles. The SMILES string of the molecule is C=C(C)C(=O)OC(OCCCC(F)(F)C(F)(F)S(=O)(=O)[O-])(C(=O)OCCCC)C(F)(F)F. The zero-order valence-corrected chi connectivity index (χ0v) is 17.6. The molecular weight excluding hydrogens is 485 g/mol. The molecule has 0 aliphatic heterocycles. The van der Waals surface area contributed by atoms with Gasteiger partial charge < -0.3 is 18.8 Å². The van der Waals surface area contributed by atoms with Crippen molar-refractivity contribution in [2.75, 3.05) is 13.2 Å². The smallest absolute Gasteiger partial charge is 0.468 e. The molecule has 0 heterocycles. The highest BCUT2D eigenvalue weighted by Gasteiger charge is 2.68. The topological polar surface area (TPSA) is 119 Å². The minimum absolute atomic E-state index is 0.0963. The van der Waals surface area contributed by atoms with Crippen molar-refractivity contribution in [1.29, 1.82) is 0 Å². The van der Waals surface area contributed by atoms with Gasteiger partial charge in [-0.05, 0) is 19.8 Å². The largest absolute Gasteiger partial charge is 0.743 e. The Morgan fingerprint density at radius 3 is 1.94 bits per heavy atom. The Bertz CT molecular complexity index is 795. The van der Waals surface area contributed by atoms with Crippen LogP contribution in [0, 0.1) is 0 Å². The first kappa shape index (κ1) is 30.1. The molecule has 32 heavy (non-hydrogen) atoms. The lowest BCUT2D eigenvalue weighted by Gasteiger charge is -2.33. The maximum Gasteiger partial charge on any atom is 0.468 e. The van der Waals surface area contributed by atoms with E-state index < -0.39 is 76.8 Å². The fraction of sp³-hybridized carbons (Fsp3) is 0.750. The van der Waals surface area contributed by atoms with E-state index in [0.717, 1.165) is 6.92 Å². The summed E-state index contributed by atoms with van der Waals surface area (Å²) in [6.07, 6.45) is -8.88. The van der Waals surface area contributed by atoms with Gasteiger partial charge in [0.15, 0.2) is 10.1 Å². The first-order valence-electron chi connectivity index (χ1n) is 8.74. The van der Waals surface area contributed by atoms with E-state index in [-0.39, 0.29) is 6.42 Å². The zero-order chi connectivity index (χ0) is 25.6. The molecule has 0 aliphatic rings. The average molecular weight is 505 g/mol. The predicted octanol–water partition coefficient (Wildman–Crippen LogP) is 3.28. The number of carbonyl (C=O) groups is 2. The van der Waals surface area contributed by atoms with E-state index in [4.69, 9.17) is 0 Å². The maximum absolute atomic E-state index is 13.6. The Morgan fingerprint density at radius 2 is 1.53 bits per heavy atom. The van der Waals surface area contributed by atoms with Crippen LogP contribution >= 0.6 is 0 Å². The lowest BCUT2D eigenvalue weighted by atomic mass is 10.2. The van der Waals surface area contributed by atoms with Crippen LogP contribution in [0.15, 0.2) is 12.2 Å². The molecule has 0 aliphatic carbocycles. The van der Waals surface area contributed by atoms with Gasteiger partial charge in [-0.3, -0.25) is 0 Å². The molecule has 8 nitrogen and oxygen atoms in total. The Hall–Kier alpha value is -1.94. The van der Waals surface area contributed by atoms with Crippen LogP contribution in [-0.2, 0) is 33.9 Å². The van der Waals surface area contributed by atoms with Crippen molar-refractivity contribution in [2.24, 2.45) is 0 Å². The molecule has 0 N–H and O–H groups in total. The molecule has 0 radical (unpaired) electrons. The van der Waals surface area contributed by atoms with Crippen LogP contribution in [0.1, 0.15) is 39.5 Å². The Morgan fingerprint density at radius 1 is 1.00 bits per heavy atom. The van der Waals surface area contributed by atoms with Gasteiger partial charge in [-0.15, -0.1) is 0 Å². The van der Waals surface area contributed by atoms with Crippen LogP contribution in [-0.4, -0.2) is 61.3 Å². The first-order valence-corrected chi connectivity index (χ1v) is 10.2. The third kappa shape index (κ3) is 7.03. The van der Waals surface area contributed by atoms with E-state index in [0.29, 0.717) is 6.42 Å². The second-order valence-corrected chi connectivity index (χ2v) is 7.82. The van der Waals surface area contributed by atoms with Crippen molar-refractivity contribution in [2.45, 2.75) is 62.7 Å². The third-order valence-electron chi connectivity index (χ3n) is 3.64. The number of alkyl halides is 7. The summed E-state index contributed by atoms with van der Waals surface area (Å²) in [5, 5.41) is -6.06. The summed E-state index contributed by atoms with van der Waals surface area (Å²) >= 11 is 0. The first-order chi connectivity index (χ1) is 14.3. The molecule has 0 aromatic rings. The van der Waals surface area contributed by atoms with Gasteiger partial charge in [0, 0.05) is 12.0 Å². The lowest BCUT2D eigenvalue weighted by Crippen LogP contribution is -2.58. The van der Waals surface area contributed by atoms with Gasteiger partial charge in [-0.25, -0.2) is 18.0 Å². The molecule has 0 rings (SSSR count). The van der Waals surface area contributed by atoms with Gasteiger partial charge in [0.05, 0.1) is 13.2 Å². The maximum atomic E-state index is 13.6. The van der Waals surface area contributed by atoms with Crippen LogP contribution < -0.4 is 0 Å². The van der Waals surface area contributed by atoms with E-state index in [2.05, 4.69) is 20.8 Å². The number of hydrogen-bond acceptors (Lipinski definition) is 8. The van der Waals surface area contributed by atoms with Gasteiger partial charge in [0.1, 0.15) is 0 Å². The van der Waals surface area contributed by atoms with Gasteiger partial charge in [0.2, 0.25) is 0 Å². The number of ether oxygens (including phenoxy) is 3. The minimum atomic E-state index is -6.81. The number of esters is 2. The van der Waals surface area contributed by atoms with Crippen molar-refractivity contribution in [1.82, 2.24) is 0 Å². The predicted molar refractivity (Wildman–Crippen MR) is 90.3 cm³/mol. The van der Waals surface area contributed by atoms with Crippen LogP contribution in [0.5, 0.6) is 0 Å². The molecular formula is C16H20F7O8S-. The summed E-state index contributed by atoms with van der Waals surface area (Å²) in [4.78, 5) is 23.7. The third-order valence-corrected chi connectivity index (χ3v) is 4.56. The zero-order valence-electron chi connectivity index (χ0n) is 16.8. The fourth-order valence-electron chi connectivity index (χ4n) is 1.85. The molecule has 0 aromatic carbocycles. The fourth-order valence-corrected chi connectivity index (χ4v) is 2.31. The van der Waals surface area contributed by atoms with Gasteiger partial charge in [-0.1, -0.05) is 19.9 Å². The number of halogens is 7. The van der Waals surface area contributed by atoms with E-state index in [1.807, 2.05) is 0 Å². The molecule has 0 spiro atoms. The van der Waals surface area contributed by atoms with Crippen LogP contribution in [0.2, 0.25) is 0 Å². The normalized spacial score (nSPS) is 15.1. The minimum Gasteiger partial charge on any atom is -0.743 e. The summed E-state index contributed by atoms with van der Waals surface area (Å²) in [6.45, 7) is 3.41. The van der Waals surface area contributed by atoms with E-state index >= 15 is 0 Å². The molecule has 1 atom stereocenters. The second kappa shape index (κ2) is 10.8. The van der Waals surface area contributed by atoms with Gasteiger partial charge in [0.25, 0.3) is 0 Å². The van der Waals surface area contributed by atoms with Gasteiger partial charge >= 0.3 is 35.1 Å². The van der Waals surface area contributed by atoms with Crippen molar-refractivity contribution in [3.8, 4) is 0 Å². The second-order valence-electron chi connectivity index (χ2n) is 6.40. The molecule has 0 amide bonds. The monoisotopic (exact) mass is 505 g/mol. The molecule has 188 valence electrons. The number of hydrogen-bond donors (Lipinski definition) is 0. The Balaban J connectivity index is 5.73. The summed E-state index contributed by atoms with van der Waals surface area (Å²) in [7, 11) is -6.81. The van der Waals surface area contributed by atoms with Crippen LogP contribution in [0.3, 0.4) is 0 Å². The Labute approximate surface area is 178 Å².